The highest BCUT2D eigenvalue weighted by Gasteiger charge is 2.66. The Morgan fingerprint density at radius 1 is 0.308 bits per heavy atom. The molecular weight excluding hydrogens is 912 g/mol. The van der Waals surface area contributed by atoms with E-state index in [2.05, 4.69) is 68.1 Å². The SMILES string of the molecule is [Br-].[Br-].[Br-].[Br-].c1cc2ccc1C[N+]13CCCN4CC[N+]5(CCCN(CC1)C5C43)Cc1ccc(cc1)C[N+]13CCCN4CC[N+]5(CCCN(CC1)C5C43)C2. The molecule has 0 amide bonds. The van der Waals surface area contributed by atoms with E-state index in [1.54, 1.807) is 22.3 Å². The van der Waals surface area contributed by atoms with Crippen LogP contribution in [0.15, 0.2) is 48.5 Å². The van der Waals surface area contributed by atoms with Crippen molar-refractivity contribution in [3.05, 3.63) is 70.8 Å². The van der Waals surface area contributed by atoms with Crippen LogP contribution in [0.5, 0.6) is 0 Å². The van der Waals surface area contributed by atoms with Crippen LogP contribution >= 0.6 is 0 Å². The molecular formula is C40H60Br4N8. The topological polar surface area (TPSA) is 13.0 Å². The van der Waals surface area contributed by atoms with Gasteiger partial charge >= 0.3 is 0 Å². The van der Waals surface area contributed by atoms with Crippen LogP contribution in [0.25, 0.3) is 0 Å². The Morgan fingerprint density at radius 3 is 0.731 bits per heavy atom. The number of nitrogens with zero attached hydrogens (tertiary/aromatic N) is 8. The molecule has 12 aliphatic rings. The molecule has 8 atom stereocenters. The molecule has 52 heavy (non-hydrogen) atoms. The highest BCUT2D eigenvalue weighted by Crippen LogP contribution is 2.46. The predicted molar refractivity (Wildman–Crippen MR) is 188 cm³/mol. The van der Waals surface area contributed by atoms with Crippen LogP contribution in [0.2, 0.25) is 0 Å². The number of rotatable bonds is 0. The summed E-state index contributed by atoms with van der Waals surface area (Å²) in [5, 5.41) is 0. The third kappa shape index (κ3) is 6.14. The molecule has 2 aromatic carbocycles. The average Bonchev–Trinajstić information content (AvgIpc) is 3.11. The summed E-state index contributed by atoms with van der Waals surface area (Å²) in [6, 6.07) is 20.6. The van der Waals surface area contributed by atoms with Crippen molar-refractivity contribution < 1.29 is 85.9 Å². The summed E-state index contributed by atoms with van der Waals surface area (Å²) in [7, 11) is 0. The Kier molecular flexibility index (Phi) is 11.7. The third-order valence-corrected chi connectivity index (χ3v) is 15.8. The van der Waals surface area contributed by atoms with Gasteiger partial charge in [-0.1, -0.05) is 48.5 Å². The standard InChI is InChI=1S/C40H60N8.4BrH/c1-13-41-17-26-46-22-2-14-42-18-25-45(21-1,37(41)38(42)46)29-33-5-7-34(8-6-33)31-47-23-3-15-43-20-28-48(32-36-11-9-35(30-46)10-12-36)24-4-16-44(19-27-47)40(48)39(43)47;;;;/h5-12,37-40H,1-4,13-32H2;4*1H/q+4;;;;/p-4. The number of benzene rings is 2. The van der Waals surface area contributed by atoms with Crippen LogP contribution in [0, 0.1) is 0 Å². The van der Waals surface area contributed by atoms with Crippen molar-refractivity contribution in [2.24, 2.45) is 0 Å². The summed E-state index contributed by atoms with van der Waals surface area (Å²) >= 11 is 0. The van der Waals surface area contributed by atoms with Crippen LogP contribution in [-0.2, 0) is 26.2 Å². The van der Waals surface area contributed by atoms with Gasteiger partial charge in [0.2, 0.25) is 24.7 Å². The number of piperazine rings is 4. The molecule has 8 saturated heterocycles. The Labute approximate surface area is 355 Å². The van der Waals surface area contributed by atoms with Gasteiger partial charge in [-0.05, 0) is 0 Å². The second-order valence-corrected chi connectivity index (χ2v) is 18.1. The van der Waals surface area contributed by atoms with Crippen molar-refractivity contribution in [1.82, 2.24) is 19.6 Å². The fourth-order valence-electron chi connectivity index (χ4n) is 13.9. The van der Waals surface area contributed by atoms with Crippen molar-refractivity contribution in [3.63, 3.8) is 0 Å². The van der Waals surface area contributed by atoms with Crippen molar-refractivity contribution in [2.75, 3.05) is 105 Å². The minimum absolute atomic E-state index is 0. The summed E-state index contributed by atoms with van der Waals surface area (Å²) in [5.41, 5.74) is 6.35. The smallest absolute Gasteiger partial charge is 0.214 e. The normalized spacial score (nSPS) is 40.9. The molecule has 0 aromatic heterocycles. The molecule has 0 aliphatic carbocycles. The van der Waals surface area contributed by atoms with E-state index in [0.29, 0.717) is 24.7 Å². The summed E-state index contributed by atoms with van der Waals surface area (Å²) in [4.78, 5) is 11.9. The van der Waals surface area contributed by atoms with E-state index < -0.39 is 0 Å². The molecule has 8 unspecified atom stereocenters. The first-order valence-electron chi connectivity index (χ1n) is 20.1. The maximum absolute atomic E-state index is 2.97. The van der Waals surface area contributed by atoms with E-state index in [1.807, 2.05) is 0 Å². The number of quaternary nitrogens is 4. The van der Waals surface area contributed by atoms with E-state index in [0.717, 1.165) is 0 Å². The van der Waals surface area contributed by atoms with Gasteiger partial charge in [0, 0.05) is 74.1 Å². The van der Waals surface area contributed by atoms with Crippen molar-refractivity contribution in [1.29, 1.82) is 0 Å². The van der Waals surface area contributed by atoms with Gasteiger partial charge in [0.1, 0.15) is 26.2 Å². The van der Waals surface area contributed by atoms with Crippen LogP contribution in [0.4, 0.5) is 0 Å². The lowest BCUT2D eigenvalue weighted by molar-refractivity contribution is -1.07. The number of hydrogen-bond donors (Lipinski definition) is 0. The maximum atomic E-state index is 2.97. The van der Waals surface area contributed by atoms with E-state index >= 15 is 0 Å². The van der Waals surface area contributed by atoms with Crippen LogP contribution in [0.3, 0.4) is 0 Å². The largest absolute Gasteiger partial charge is 1.00 e. The number of hydrogen-bond acceptors (Lipinski definition) is 4. The fraction of sp³-hybridized carbons (Fsp3) is 0.700. The summed E-state index contributed by atoms with van der Waals surface area (Å²) in [5.74, 6) is 0. The highest BCUT2D eigenvalue weighted by molar-refractivity contribution is 5.23. The van der Waals surface area contributed by atoms with Crippen molar-refractivity contribution >= 4 is 0 Å². The molecule has 8 fully saturated rings. The first-order valence-corrected chi connectivity index (χ1v) is 20.1. The van der Waals surface area contributed by atoms with Gasteiger partial charge < -0.3 is 67.9 Å². The lowest BCUT2D eigenvalue weighted by Crippen LogP contribution is -3.00. The Balaban J connectivity index is 0.00000105. The maximum Gasteiger partial charge on any atom is 0.214 e. The molecule has 0 spiro atoms. The van der Waals surface area contributed by atoms with E-state index in [-0.39, 0.29) is 67.9 Å². The van der Waals surface area contributed by atoms with Gasteiger partial charge in [0.15, 0.2) is 0 Å². The molecule has 12 aliphatic heterocycles. The summed E-state index contributed by atoms with van der Waals surface area (Å²) < 4.78 is 5.20. The van der Waals surface area contributed by atoms with E-state index in [1.165, 1.54) is 175 Å². The molecule has 12 heteroatoms. The minimum atomic E-state index is 0. The molecule has 12 heterocycles. The van der Waals surface area contributed by atoms with Gasteiger partial charge in [0.25, 0.3) is 0 Å². The van der Waals surface area contributed by atoms with E-state index in [9.17, 15) is 0 Å². The molecule has 14 rings (SSSR count). The van der Waals surface area contributed by atoms with Gasteiger partial charge in [-0.3, -0.25) is 17.9 Å². The van der Waals surface area contributed by atoms with Crippen molar-refractivity contribution in [3.8, 4) is 0 Å². The lowest BCUT2D eigenvalue weighted by atomic mass is 9.91. The monoisotopic (exact) mass is 968 g/mol. The molecule has 2 aromatic rings. The second-order valence-electron chi connectivity index (χ2n) is 18.1. The highest BCUT2D eigenvalue weighted by atomic mass is 79.9. The second kappa shape index (κ2) is 15.1. The quantitative estimate of drug-likeness (QED) is 0.244. The van der Waals surface area contributed by atoms with Crippen molar-refractivity contribution in [2.45, 2.75) is 76.5 Å². The van der Waals surface area contributed by atoms with Crippen LogP contribution in [0.1, 0.15) is 47.9 Å². The zero-order valence-electron chi connectivity index (χ0n) is 31.0. The molecule has 8 nitrogen and oxygen atoms in total. The first kappa shape index (κ1) is 40.2. The van der Waals surface area contributed by atoms with Gasteiger partial charge in [0.05, 0.1) is 78.5 Å². The Hall–Kier alpha value is 0.0400. The third-order valence-electron chi connectivity index (χ3n) is 15.8. The molecule has 0 radical (unpaired) electrons. The first-order chi connectivity index (χ1) is 23.6. The van der Waals surface area contributed by atoms with Crippen LogP contribution in [-0.4, -0.2) is 167 Å². The average molecular weight is 973 g/mol. The molecule has 0 N–H and O–H groups in total. The van der Waals surface area contributed by atoms with Crippen LogP contribution < -0.4 is 67.9 Å². The Bertz CT molecular complexity index is 1340. The van der Waals surface area contributed by atoms with E-state index in [4.69, 9.17) is 0 Å². The zero-order chi connectivity index (χ0) is 31.6. The molecule has 12 bridgehead atoms. The Morgan fingerprint density at radius 2 is 0.519 bits per heavy atom. The predicted octanol–water partition coefficient (Wildman–Crippen LogP) is -9.13. The zero-order valence-corrected chi connectivity index (χ0v) is 37.3. The molecule has 288 valence electrons. The molecule has 0 saturated carbocycles. The minimum Gasteiger partial charge on any atom is -1.00 e. The fourth-order valence-corrected chi connectivity index (χ4v) is 13.9. The van der Waals surface area contributed by atoms with Gasteiger partial charge in [-0.15, -0.1) is 0 Å². The van der Waals surface area contributed by atoms with Gasteiger partial charge in [-0.25, -0.2) is 19.6 Å². The number of halogens is 4. The summed E-state index contributed by atoms with van der Waals surface area (Å²) in [6.45, 7) is 25.9. The lowest BCUT2D eigenvalue weighted by Gasteiger charge is -2.67. The van der Waals surface area contributed by atoms with Gasteiger partial charge in [-0.2, -0.15) is 0 Å². The summed E-state index contributed by atoms with van der Waals surface area (Å²) in [6.07, 6.45) is 7.99.